The molecule has 1 atom stereocenters. The van der Waals surface area contributed by atoms with Crippen LogP contribution in [0.25, 0.3) is 0 Å². The molecule has 0 aliphatic carbocycles. The Bertz CT molecular complexity index is 646. The fourth-order valence-electron chi connectivity index (χ4n) is 2.82. The van der Waals surface area contributed by atoms with E-state index in [-0.39, 0.29) is 11.2 Å². The van der Waals surface area contributed by atoms with Crippen molar-refractivity contribution >= 4 is 11.3 Å². The Hall–Kier alpha value is -1.50. The van der Waals surface area contributed by atoms with Gasteiger partial charge in [-0.15, -0.1) is 11.3 Å². The van der Waals surface area contributed by atoms with Gasteiger partial charge in [0.2, 0.25) is 0 Å². The zero-order chi connectivity index (χ0) is 16.3. The number of nitrogens with zero attached hydrogens (tertiary/aromatic N) is 2. The van der Waals surface area contributed by atoms with Gasteiger partial charge in [0.1, 0.15) is 23.2 Å². The predicted molar refractivity (Wildman–Crippen MR) is 89.9 cm³/mol. The summed E-state index contributed by atoms with van der Waals surface area (Å²) in [5, 5.41) is 3.02. The van der Waals surface area contributed by atoms with Crippen molar-refractivity contribution in [2.75, 3.05) is 19.6 Å². The monoisotopic (exact) mass is 335 g/mol. The largest absolute Gasteiger partial charge is 0.486 e. The highest BCUT2D eigenvalue weighted by Crippen LogP contribution is 2.29. The normalized spacial score (nSPS) is 21.7. The third-order valence-corrected chi connectivity index (χ3v) is 5.16. The van der Waals surface area contributed by atoms with Crippen molar-refractivity contribution in [1.82, 2.24) is 9.88 Å². The summed E-state index contributed by atoms with van der Waals surface area (Å²) in [6.45, 7) is 6.36. The van der Waals surface area contributed by atoms with Crippen molar-refractivity contribution in [2.45, 2.75) is 26.5 Å². The Morgan fingerprint density at radius 2 is 2.17 bits per heavy atom. The first kappa shape index (κ1) is 16.4. The smallest absolute Gasteiger partial charge is 0.140 e. The molecule has 1 unspecified atom stereocenters. The lowest BCUT2D eigenvalue weighted by Gasteiger charge is -2.22. The second-order valence-corrected chi connectivity index (χ2v) is 7.39. The standard InChI is InChI=1S/C17H22FN3OS/c1-17(11-19)6-7-21(12-17)8-14-10-23-16(20-14)9-22-15-4-2-13(18)3-5-15/h2-5,10H,6-9,11-12,19H2,1H3. The molecule has 1 saturated heterocycles. The highest BCUT2D eigenvalue weighted by molar-refractivity contribution is 7.09. The lowest BCUT2D eigenvalue weighted by Crippen LogP contribution is -2.31. The number of halogens is 1. The van der Waals surface area contributed by atoms with E-state index >= 15 is 0 Å². The molecule has 0 spiro atoms. The van der Waals surface area contributed by atoms with E-state index in [0.29, 0.717) is 12.4 Å². The summed E-state index contributed by atoms with van der Waals surface area (Å²) in [6, 6.07) is 6.04. The first-order valence-corrected chi connectivity index (χ1v) is 8.68. The van der Waals surface area contributed by atoms with Crippen LogP contribution >= 0.6 is 11.3 Å². The number of rotatable bonds is 6. The maximum Gasteiger partial charge on any atom is 0.140 e. The molecular formula is C17H22FN3OS. The van der Waals surface area contributed by atoms with E-state index in [1.165, 1.54) is 12.1 Å². The van der Waals surface area contributed by atoms with Crippen LogP contribution in [0.2, 0.25) is 0 Å². The Kier molecular flexibility index (Phi) is 4.94. The molecule has 0 bridgehead atoms. The van der Waals surface area contributed by atoms with Crippen LogP contribution in [0.15, 0.2) is 29.6 Å². The van der Waals surface area contributed by atoms with E-state index in [0.717, 1.165) is 43.3 Å². The third kappa shape index (κ3) is 4.28. The number of hydrogen-bond donors (Lipinski definition) is 1. The fourth-order valence-corrected chi connectivity index (χ4v) is 3.52. The molecule has 3 rings (SSSR count). The molecular weight excluding hydrogens is 313 g/mol. The van der Waals surface area contributed by atoms with Gasteiger partial charge < -0.3 is 10.5 Å². The van der Waals surface area contributed by atoms with Crippen LogP contribution < -0.4 is 10.5 Å². The SMILES string of the molecule is CC1(CN)CCN(Cc2csc(COc3ccc(F)cc3)n2)C1. The summed E-state index contributed by atoms with van der Waals surface area (Å²) in [6.07, 6.45) is 1.15. The molecule has 4 nitrogen and oxygen atoms in total. The minimum atomic E-state index is -0.260. The summed E-state index contributed by atoms with van der Waals surface area (Å²) >= 11 is 1.60. The van der Waals surface area contributed by atoms with Crippen LogP contribution in [-0.2, 0) is 13.2 Å². The summed E-state index contributed by atoms with van der Waals surface area (Å²) in [7, 11) is 0. The maximum atomic E-state index is 12.8. The minimum absolute atomic E-state index is 0.241. The van der Waals surface area contributed by atoms with E-state index in [2.05, 4.69) is 22.2 Å². The van der Waals surface area contributed by atoms with E-state index in [1.54, 1.807) is 23.5 Å². The van der Waals surface area contributed by atoms with Crippen LogP contribution in [0.3, 0.4) is 0 Å². The second-order valence-electron chi connectivity index (χ2n) is 6.45. The molecule has 2 N–H and O–H groups in total. The zero-order valence-corrected chi connectivity index (χ0v) is 14.1. The fraction of sp³-hybridized carbons (Fsp3) is 0.471. The molecule has 1 aliphatic rings. The summed E-state index contributed by atoms with van der Waals surface area (Å²) in [4.78, 5) is 7.04. The molecule has 1 aromatic heterocycles. The van der Waals surface area contributed by atoms with Gasteiger partial charge in [-0.3, -0.25) is 4.90 Å². The average Bonchev–Trinajstić information content (AvgIpc) is 3.15. The molecule has 124 valence electrons. The van der Waals surface area contributed by atoms with Crippen molar-refractivity contribution in [3.05, 3.63) is 46.2 Å². The quantitative estimate of drug-likeness (QED) is 0.881. The highest BCUT2D eigenvalue weighted by atomic mass is 32.1. The average molecular weight is 335 g/mol. The summed E-state index contributed by atoms with van der Waals surface area (Å²) in [5.74, 6) is 0.394. The molecule has 0 radical (unpaired) electrons. The van der Waals surface area contributed by atoms with Crippen molar-refractivity contribution < 1.29 is 9.13 Å². The minimum Gasteiger partial charge on any atom is -0.486 e. The Morgan fingerprint density at radius 3 is 2.87 bits per heavy atom. The van der Waals surface area contributed by atoms with Gasteiger partial charge in [-0.2, -0.15) is 0 Å². The van der Waals surface area contributed by atoms with Gasteiger partial charge in [0.05, 0.1) is 5.69 Å². The number of ether oxygens (including phenoxy) is 1. The molecule has 23 heavy (non-hydrogen) atoms. The number of likely N-dealkylation sites (tertiary alicyclic amines) is 1. The van der Waals surface area contributed by atoms with E-state index in [4.69, 9.17) is 10.5 Å². The molecule has 1 aromatic carbocycles. The lowest BCUT2D eigenvalue weighted by molar-refractivity contribution is 0.271. The molecule has 2 aromatic rings. The van der Waals surface area contributed by atoms with Gasteiger partial charge in [0.15, 0.2) is 0 Å². The van der Waals surface area contributed by atoms with Gasteiger partial charge in [-0.1, -0.05) is 6.92 Å². The lowest BCUT2D eigenvalue weighted by atomic mass is 9.90. The van der Waals surface area contributed by atoms with Crippen molar-refractivity contribution in [2.24, 2.45) is 11.1 Å². The van der Waals surface area contributed by atoms with Crippen LogP contribution in [0.5, 0.6) is 5.75 Å². The number of aromatic nitrogens is 1. The van der Waals surface area contributed by atoms with Crippen molar-refractivity contribution in [3.63, 3.8) is 0 Å². The predicted octanol–water partition coefficient (Wildman–Crippen LogP) is 3.03. The van der Waals surface area contributed by atoms with E-state index in [9.17, 15) is 4.39 Å². The Morgan fingerprint density at radius 1 is 1.39 bits per heavy atom. The van der Waals surface area contributed by atoms with E-state index in [1.807, 2.05) is 0 Å². The molecule has 2 heterocycles. The van der Waals surface area contributed by atoms with Crippen LogP contribution in [-0.4, -0.2) is 29.5 Å². The first-order valence-electron chi connectivity index (χ1n) is 7.80. The van der Waals surface area contributed by atoms with Crippen molar-refractivity contribution in [3.8, 4) is 5.75 Å². The summed E-state index contributed by atoms with van der Waals surface area (Å²) in [5.41, 5.74) is 7.17. The molecule has 1 fully saturated rings. The van der Waals surface area contributed by atoms with Gasteiger partial charge in [-0.25, -0.2) is 9.37 Å². The van der Waals surface area contributed by atoms with Gasteiger partial charge in [-0.05, 0) is 49.2 Å². The molecule has 0 amide bonds. The molecule has 6 heteroatoms. The Labute approximate surface area is 140 Å². The van der Waals surface area contributed by atoms with Crippen LogP contribution in [0.4, 0.5) is 4.39 Å². The van der Waals surface area contributed by atoms with Gasteiger partial charge >= 0.3 is 0 Å². The molecule has 1 aliphatic heterocycles. The summed E-state index contributed by atoms with van der Waals surface area (Å²) < 4.78 is 18.5. The number of nitrogens with two attached hydrogens (primary N) is 1. The van der Waals surface area contributed by atoms with Crippen molar-refractivity contribution in [1.29, 1.82) is 0 Å². The van der Waals surface area contributed by atoms with Crippen LogP contribution in [0, 0.1) is 11.2 Å². The number of thiazole rings is 1. The topological polar surface area (TPSA) is 51.4 Å². The first-order chi connectivity index (χ1) is 11.1. The van der Waals surface area contributed by atoms with Gasteiger partial charge in [0.25, 0.3) is 0 Å². The maximum absolute atomic E-state index is 12.8. The Balaban J connectivity index is 1.51. The number of hydrogen-bond acceptors (Lipinski definition) is 5. The third-order valence-electron chi connectivity index (χ3n) is 4.29. The van der Waals surface area contributed by atoms with Gasteiger partial charge in [0, 0.05) is 18.5 Å². The highest BCUT2D eigenvalue weighted by Gasteiger charge is 2.32. The molecule has 0 saturated carbocycles. The second kappa shape index (κ2) is 6.95. The number of benzene rings is 1. The zero-order valence-electron chi connectivity index (χ0n) is 13.3. The van der Waals surface area contributed by atoms with Crippen LogP contribution in [0.1, 0.15) is 24.0 Å². The van der Waals surface area contributed by atoms with E-state index < -0.39 is 0 Å².